The Morgan fingerprint density at radius 1 is 0.963 bits per heavy atom. The second-order valence-electron chi connectivity index (χ2n) is 7.88. The number of hydrogen-bond acceptors (Lipinski definition) is 4. The van der Waals surface area contributed by atoms with E-state index in [1.807, 2.05) is 6.92 Å². The maximum absolute atomic E-state index is 12.3. The standard InChI is InChI=1S/C23H23NO3/c1-13-7-14(2)9-17(8-13)24-11-16-10-20-18-5-4-6-19(18)23(25)27-22(20)15(3)21(16)26-12-24/h7-10H,4-6,11-12H2,1-3H3. The minimum atomic E-state index is -0.175. The minimum Gasteiger partial charge on any atom is -0.472 e. The van der Waals surface area contributed by atoms with Crippen LogP contribution in [0.2, 0.25) is 0 Å². The summed E-state index contributed by atoms with van der Waals surface area (Å²) < 4.78 is 11.8. The van der Waals surface area contributed by atoms with Crippen molar-refractivity contribution in [2.45, 2.75) is 46.6 Å². The first-order valence-corrected chi connectivity index (χ1v) is 9.58. The van der Waals surface area contributed by atoms with E-state index < -0.39 is 0 Å². The van der Waals surface area contributed by atoms with Crippen molar-refractivity contribution in [2.75, 3.05) is 11.6 Å². The van der Waals surface area contributed by atoms with E-state index in [-0.39, 0.29) is 5.63 Å². The second kappa shape index (κ2) is 5.88. The smallest absolute Gasteiger partial charge is 0.339 e. The van der Waals surface area contributed by atoms with Gasteiger partial charge in [-0.3, -0.25) is 0 Å². The van der Waals surface area contributed by atoms with Gasteiger partial charge in [-0.05, 0) is 74.9 Å². The molecule has 2 aromatic carbocycles. The average Bonchev–Trinajstić information content (AvgIpc) is 3.13. The summed E-state index contributed by atoms with van der Waals surface area (Å²) in [5.41, 5.74) is 8.35. The van der Waals surface area contributed by atoms with Crippen molar-refractivity contribution in [3.05, 3.63) is 68.1 Å². The summed E-state index contributed by atoms with van der Waals surface area (Å²) in [5.74, 6) is 0.865. The maximum Gasteiger partial charge on any atom is 0.339 e. The van der Waals surface area contributed by atoms with E-state index in [0.29, 0.717) is 12.3 Å². The largest absolute Gasteiger partial charge is 0.472 e. The van der Waals surface area contributed by atoms with E-state index in [1.165, 1.54) is 22.4 Å². The van der Waals surface area contributed by atoms with Gasteiger partial charge in [-0.2, -0.15) is 0 Å². The normalized spacial score (nSPS) is 15.6. The molecule has 0 bridgehead atoms. The lowest BCUT2D eigenvalue weighted by Crippen LogP contribution is -2.32. The molecule has 1 aliphatic heterocycles. The van der Waals surface area contributed by atoms with E-state index in [1.54, 1.807) is 0 Å². The molecule has 0 unspecified atom stereocenters. The van der Waals surface area contributed by atoms with Crippen molar-refractivity contribution < 1.29 is 9.15 Å². The molecular formula is C23H23NO3. The van der Waals surface area contributed by atoms with Crippen molar-refractivity contribution in [1.82, 2.24) is 0 Å². The zero-order valence-corrected chi connectivity index (χ0v) is 16.0. The van der Waals surface area contributed by atoms with Crippen LogP contribution in [0, 0.1) is 20.8 Å². The fraction of sp³-hybridized carbons (Fsp3) is 0.348. The first kappa shape index (κ1) is 16.4. The van der Waals surface area contributed by atoms with Crippen molar-refractivity contribution in [1.29, 1.82) is 0 Å². The number of anilines is 1. The van der Waals surface area contributed by atoms with E-state index >= 15 is 0 Å². The molecule has 27 heavy (non-hydrogen) atoms. The van der Waals surface area contributed by atoms with Crippen LogP contribution in [0.1, 0.15) is 39.8 Å². The van der Waals surface area contributed by atoms with E-state index in [2.05, 4.69) is 43.0 Å². The molecule has 5 rings (SSSR count). The summed E-state index contributed by atoms with van der Waals surface area (Å²) in [5, 5.41) is 1.09. The van der Waals surface area contributed by atoms with Gasteiger partial charge in [-0.1, -0.05) is 6.07 Å². The van der Waals surface area contributed by atoms with Crippen LogP contribution < -0.4 is 15.3 Å². The van der Waals surface area contributed by atoms with Crippen molar-refractivity contribution >= 4 is 16.7 Å². The Morgan fingerprint density at radius 3 is 2.48 bits per heavy atom. The van der Waals surface area contributed by atoms with Crippen molar-refractivity contribution in [3.63, 3.8) is 0 Å². The van der Waals surface area contributed by atoms with Crippen molar-refractivity contribution in [2.24, 2.45) is 0 Å². The third kappa shape index (κ3) is 2.54. The van der Waals surface area contributed by atoms with Crippen LogP contribution in [0.15, 0.2) is 33.5 Å². The topological polar surface area (TPSA) is 42.7 Å². The van der Waals surface area contributed by atoms with Crippen LogP contribution in [0.4, 0.5) is 5.69 Å². The minimum absolute atomic E-state index is 0.175. The summed E-state index contributed by atoms with van der Waals surface area (Å²) in [4.78, 5) is 14.6. The molecule has 0 amide bonds. The van der Waals surface area contributed by atoms with Gasteiger partial charge in [0.05, 0.1) is 0 Å². The summed E-state index contributed by atoms with van der Waals surface area (Å²) in [6.45, 7) is 7.54. The molecule has 4 nitrogen and oxygen atoms in total. The number of nitrogens with zero attached hydrogens (tertiary/aromatic N) is 1. The zero-order valence-electron chi connectivity index (χ0n) is 16.0. The van der Waals surface area contributed by atoms with Crippen LogP contribution in [0.3, 0.4) is 0 Å². The zero-order chi connectivity index (χ0) is 18.7. The van der Waals surface area contributed by atoms with Crippen molar-refractivity contribution in [3.8, 4) is 5.75 Å². The number of aryl methyl sites for hydroxylation is 4. The summed E-state index contributed by atoms with van der Waals surface area (Å²) in [6, 6.07) is 8.77. The Balaban J connectivity index is 1.64. The molecule has 0 saturated carbocycles. The number of benzene rings is 2. The highest BCUT2D eigenvalue weighted by Crippen LogP contribution is 2.39. The quantitative estimate of drug-likeness (QED) is 0.596. The molecule has 0 atom stereocenters. The molecular weight excluding hydrogens is 338 g/mol. The Labute approximate surface area is 158 Å². The van der Waals surface area contributed by atoms with Crippen LogP contribution in [0.5, 0.6) is 5.75 Å². The lowest BCUT2D eigenvalue weighted by molar-refractivity contribution is 0.287. The highest BCUT2D eigenvalue weighted by atomic mass is 16.5. The lowest BCUT2D eigenvalue weighted by Gasteiger charge is -2.32. The predicted octanol–water partition coefficient (Wildman–Crippen LogP) is 4.56. The monoisotopic (exact) mass is 361 g/mol. The van der Waals surface area contributed by atoms with Gasteiger partial charge in [0.1, 0.15) is 11.3 Å². The third-order valence-corrected chi connectivity index (χ3v) is 5.82. The van der Waals surface area contributed by atoms with Crippen LogP contribution >= 0.6 is 0 Å². The molecule has 4 heteroatoms. The Bertz CT molecular complexity index is 1120. The second-order valence-corrected chi connectivity index (χ2v) is 7.88. The Morgan fingerprint density at radius 2 is 1.70 bits per heavy atom. The van der Waals surface area contributed by atoms with Crippen LogP contribution in [0.25, 0.3) is 11.0 Å². The molecule has 0 spiro atoms. The van der Waals surface area contributed by atoms with Crippen LogP contribution in [-0.4, -0.2) is 6.73 Å². The molecule has 0 N–H and O–H groups in total. The molecule has 0 fully saturated rings. The van der Waals surface area contributed by atoms with Gasteiger partial charge in [0.15, 0.2) is 6.73 Å². The van der Waals surface area contributed by atoms with Gasteiger partial charge in [0.25, 0.3) is 0 Å². The third-order valence-electron chi connectivity index (χ3n) is 5.82. The number of hydrogen-bond donors (Lipinski definition) is 0. The summed E-state index contributed by atoms with van der Waals surface area (Å²) >= 11 is 0. The molecule has 0 saturated heterocycles. The van der Waals surface area contributed by atoms with Crippen LogP contribution in [-0.2, 0) is 19.4 Å². The Kier molecular flexibility index (Phi) is 3.58. The fourth-order valence-corrected chi connectivity index (χ4v) is 4.64. The highest BCUT2D eigenvalue weighted by molar-refractivity contribution is 5.88. The number of rotatable bonds is 1. The summed E-state index contributed by atoms with van der Waals surface area (Å²) in [7, 11) is 0. The molecule has 138 valence electrons. The molecule has 0 radical (unpaired) electrons. The fourth-order valence-electron chi connectivity index (χ4n) is 4.64. The molecule has 1 aliphatic carbocycles. The summed E-state index contributed by atoms with van der Waals surface area (Å²) in [6.07, 6.45) is 2.81. The van der Waals surface area contributed by atoms with Gasteiger partial charge in [0.2, 0.25) is 0 Å². The number of fused-ring (bicyclic) bond motifs is 4. The van der Waals surface area contributed by atoms with E-state index in [0.717, 1.165) is 53.6 Å². The Hall–Kier alpha value is -2.75. The van der Waals surface area contributed by atoms with Gasteiger partial charge in [0, 0.05) is 34.3 Å². The van der Waals surface area contributed by atoms with E-state index in [9.17, 15) is 4.79 Å². The van der Waals surface area contributed by atoms with Gasteiger partial charge in [-0.25, -0.2) is 4.79 Å². The average molecular weight is 361 g/mol. The molecule has 3 aromatic rings. The van der Waals surface area contributed by atoms with Gasteiger partial charge >= 0.3 is 5.63 Å². The molecule has 2 aliphatic rings. The first-order valence-electron chi connectivity index (χ1n) is 9.58. The highest BCUT2D eigenvalue weighted by Gasteiger charge is 2.26. The predicted molar refractivity (Wildman–Crippen MR) is 107 cm³/mol. The van der Waals surface area contributed by atoms with E-state index in [4.69, 9.17) is 9.15 Å². The van der Waals surface area contributed by atoms with Gasteiger partial charge < -0.3 is 14.1 Å². The molecule has 2 heterocycles. The lowest BCUT2D eigenvalue weighted by atomic mass is 9.99. The first-order chi connectivity index (χ1) is 13.0. The molecule has 1 aromatic heterocycles. The maximum atomic E-state index is 12.3. The van der Waals surface area contributed by atoms with Gasteiger partial charge in [-0.15, -0.1) is 0 Å². The number of ether oxygens (including phenoxy) is 1. The SMILES string of the molecule is Cc1cc(C)cc(N2COc3c(cc4c5c(c(=O)oc4c3C)CCC5)C2)c1.